The van der Waals surface area contributed by atoms with Gasteiger partial charge in [-0.15, -0.1) is 0 Å². The fourth-order valence-electron chi connectivity index (χ4n) is 1.42. The third-order valence-electron chi connectivity index (χ3n) is 2.26. The van der Waals surface area contributed by atoms with Crippen molar-refractivity contribution < 1.29 is 13.5 Å². The van der Waals surface area contributed by atoms with Crippen molar-refractivity contribution in [3.8, 4) is 0 Å². The van der Waals surface area contributed by atoms with Crippen LogP contribution in [0.4, 0.5) is 0 Å². The van der Waals surface area contributed by atoms with Crippen molar-refractivity contribution in [2.45, 2.75) is 31.3 Å². The Balaban J connectivity index is 3.17. The predicted molar refractivity (Wildman–Crippen MR) is 59.7 cm³/mol. The summed E-state index contributed by atoms with van der Waals surface area (Å²) in [6.45, 7) is 3.59. The van der Waals surface area contributed by atoms with Crippen molar-refractivity contribution in [2.75, 3.05) is 6.26 Å². The summed E-state index contributed by atoms with van der Waals surface area (Å²) in [5, 5.41) is 9.27. The first-order chi connectivity index (χ1) is 6.80. The minimum absolute atomic E-state index is 0.309. The summed E-state index contributed by atoms with van der Waals surface area (Å²) in [5.41, 5.74) is 1.89. The van der Waals surface area contributed by atoms with Gasteiger partial charge in [-0.3, -0.25) is 0 Å². The quantitative estimate of drug-likeness (QED) is 0.849. The summed E-state index contributed by atoms with van der Waals surface area (Å²) in [6.07, 6.45) is 1.21. The number of benzene rings is 1. The zero-order chi connectivity index (χ0) is 11.6. The van der Waals surface area contributed by atoms with E-state index in [2.05, 4.69) is 0 Å². The molecule has 1 aromatic carbocycles. The summed E-state index contributed by atoms with van der Waals surface area (Å²) < 4.78 is 22.6. The zero-order valence-electron chi connectivity index (χ0n) is 9.19. The molecule has 1 aromatic rings. The van der Waals surface area contributed by atoms with Gasteiger partial charge in [0.05, 0.1) is 11.0 Å². The first-order valence-electron chi connectivity index (χ1n) is 4.78. The molecule has 1 atom stereocenters. The van der Waals surface area contributed by atoms with E-state index in [9.17, 15) is 13.5 Å². The van der Waals surface area contributed by atoms with Gasteiger partial charge in [0.1, 0.15) is 0 Å². The molecule has 4 heteroatoms. The third kappa shape index (κ3) is 3.32. The standard InChI is InChI=1S/C11H16O3S/c1-8-4-5-11(15(3,13)14)7-10(8)6-9(2)12/h4-5,7,9,12H,6H2,1-3H3. The maximum atomic E-state index is 11.3. The second-order valence-corrected chi connectivity index (χ2v) is 5.93. The van der Waals surface area contributed by atoms with E-state index in [1.807, 2.05) is 6.92 Å². The molecule has 0 aliphatic rings. The number of aliphatic hydroxyl groups is 1. The van der Waals surface area contributed by atoms with Crippen molar-refractivity contribution in [2.24, 2.45) is 0 Å². The van der Waals surface area contributed by atoms with Gasteiger partial charge in [0.2, 0.25) is 0 Å². The van der Waals surface area contributed by atoms with Crippen molar-refractivity contribution in [1.29, 1.82) is 0 Å². The van der Waals surface area contributed by atoms with Crippen LogP contribution in [0, 0.1) is 6.92 Å². The Kier molecular flexibility index (Phi) is 3.52. The highest BCUT2D eigenvalue weighted by Crippen LogP contribution is 2.16. The van der Waals surface area contributed by atoms with Crippen LogP contribution in [0.15, 0.2) is 23.1 Å². The minimum Gasteiger partial charge on any atom is -0.393 e. The van der Waals surface area contributed by atoms with Gasteiger partial charge in [0.25, 0.3) is 0 Å². The van der Waals surface area contributed by atoms with E-state index in [1.54, 1.807) is 25.1 Å². The maximum absolute atomic E-state index is 11.3. The molecule has 0 bridgehead atoms. The molecule has 0 aliphatic heterocycles. The zero-order valence-corrected chi connectivity index (χ0v) is 10.0. The summed E-state index contributed by atoms with van der Waals surface area (Å²) >= 11 is 0. The highest BCUT2D eigenvalue weighted by Gasteiger charge is 2.10. The lowest BCUT2D eigenvalue weighted by molar-refractivity contribution is 0.195. The Morgan fingerprint density at radius 1 is 1.40 bits per heavy atom. The van der Waals surface area contributed by atoms with Crippen LogP contribution < -0.4 is 0 Å². The van der Waals surface area contributed by atoms with Gasteiger partial charge in [-0.1, -0.05) is 6.07 Å². The molecule has 1 unspecified atom stereocenters. The van der Waals surface area contributed by atoms with Crippen molar-refractivity contribution >= 4 is 9.84 Å². The van der Waals surface area contributed by atoms with Crippen LogP contribution in [0.5, 0.6) is 0 Å². The van der Waals surface area contributed by atoms with E-state index in [4.69, 9.17) is 0 Å². The van der Waals surface area contributed by atoms with Crippen LogP contribution in [0.3, 0.4) is 0 Å². The van der Waals surface area contributed by atoms with Crippen LogP contribution in [0.25, 0.3) is 0 Å². The molecule has 15 heavy (non-hydrogen) atoms. The molecule has 84 valence electrons. The van der Waals surface area contributed by atoms with Crippen LogP contribution in [-0.4, -0.2) is 25.9 Å². The van der Waals surface area contributed by atoms with Gasteiger partial charge in [-0.25, -0.2) is 8.42 Å². The highest BCUT2D eigenvalue weighted by molar-refractivity contribution is 7.90. The lowest BCUT2D eigenvalue weighted by Gasteiger charge is -2.09. The Hall–Kier alpha value is -0.870. The Bertz CT molecular complexity index is 447. The molecule has 0 saturated carbocycles. The number of aryl methyl sites for hydroxylation is 1. The normalized spacial score (nSPS) is 13.9. The van der Waals surface area contributed by atoms with Gasteiger partial charge in [0, 0.05) is 6.26 Å². The van der Waals surface area contributed by atoms with Crippen LogP contribution in [0.1, 0.15) is 18.1 Å². The fraction of sp³-hybridized carbons (Fsp3) is 0.455. The van der Waals surface area contributed by atoms with Crippen LogP contribution in [-0.2, 0) is 16.3 Å². The van der Waals surface area contributed by atoms with Gasteiger partial charge in [-0.2, -0.15) is 0 Å². The van der Waals surface area contributed by atoms with Crippen molar-refractivity contribution in [3.63, 3.8) is 0 Å². The summed E-state index contributed by atoms with van der Waals surface area (Å²) in [5.74, 6) is 0. The second kappa shape index (κ2) is 4.33. The Labute approximate surface area is 90.7 Å². The van der Waals surface area contributed by atoms with Gasteiger partial charge in [-0.05, 0) is 43.5 Å². The molecular weight excluding hydrogens is 212 g/mol. The van der Waals surface area contributed by atoms with E-state index >= 15 is 0 Å². The van der Waals surface area contributed by atoms with E-state index in [1.165, 1.54) is 6.26 Å². The van der Waals surface area contributed by atoms with Gasteiger partial charge >= 0.3 is 0 Å². The van der Waals surface area contributed by atoms with Crippen LogP contribution >= 0.6 is 0 Å². The first-order valence-corrected chi connectivity index (χ1v) is 6.67. The Morgan fingerprint density at radius 3 is 2.47 bits per heavy atom. The maximum Gasteiger partial charge on any atom is 0.175 e. The summed E-state index contributed by atoms with van der Waals surface area (Å²) in [7, 11) is -3.16. The predicted octanol–water partition coefficient (Wildman–Crippen LogP) is 1.32. The minimum atomic E-state index is -3.16. The molecule has 0 amide bonds. The van der Waals surface area contributed by atoms with E-state index in [0.717, 1.165) is 11.1 Å². The molecule has 0 aliphatic carbocycles. The Morgan fingerprint density at radius 2 is 2.00 bits per heavy atom. The third-order valence-corrected chi connectivity index (χ3v) is 3.37. The number of hydrogen-bond acceptors (Lipinski definition) is 3. The molecule has 0 aromatic heterocycles. The van der Waals surface area contributed by atoms with Gasteiger partial charge in [0.15, 0.2) is 9.84 Å². The average molecular weight is 228 g/mol. The lowest BCUT2D eigenvalue weighted by atomic mass is 10.0. The molecular formula is C11H16O3S. The number of rotatable bonds is 3. The van der Waals surface area contributed by atoms with Gasteiger partial charge < -0.3 is 5.11 Å². The topological polar surface area (TPSA) is 54.4 Å². The monoisotopic (exact) mass is 228 g/mol. The molecule has 0 spiro atoms. The lowest BCUT2D eigenvalue weighted by Crippen LogP contribution is -2.07. The number of hydrogen-bond donors (Lipinski definition) is 1. The summed E-state index contributed by atoms with van der Waals surface area (Å²) in [4.78, 5) is 0.309. The fourth-order valence-corrected chi connectivity index (χ4v) is 2.09. The SMILES string of the molecule is Cc1ccc(S(C)(=O)=O)cc1CC(C)O. The van der Waals surface area contributed by atoms with Crippen molar-refractivity contribution in [1.82, 2.24) is 0 Å². The second-order valence-electron chi connectivity index (χ2n) is 3.91. The highest BCUT2D eigenvalue weighted by atomic mass is 32.2. The van der Waals surface area contributed by atoms with Crippen molar-refractivity contribution in [3.05, 3.63) is 29.3 Å². The largest absolute Gasteiger partial charge is 0.393 e. The molecule has 0 radical (unpaired) electrons. The number of aliphatic hydroxyl groups excluding tert-OH is 1. The molecule has 1 rings (SSSR count). The molecule has 3 nitrogen and oxygen atoms in total. The summed E-state index contributed by atoms with van der Waals surface area (Å²) in [6, 6.07) is 5.00. The van der Waals surface area contributed by atoms with E-state index in [0.29, 0.717) is 11.3 Å². The molecule has 0 saturated heterocycles. The molecule has 1 N–H and O–H groups in total. The first kappa shape index (κ1) is 12.2. The molecule has 0 fully saturated rings. The molecule has 0 heterocycles. The van der Waals surface area contributed by atoms with E-state index in [-0.39, 0.29) is 0 Å². The number of sulfone groups is 1. The van der Waals surface area contributed by atoms with Crippen LogP contribution in [0.2, 0.25) is 0 Å². The van der Waals surface area contributed by atoms with E-state index < -0.39 is 15.9 Å². The smallest absolute Gasteiger partial charge is 0.175 e. The average Bonchev–Trinajstić information content (AvgIpc) is 2.06.